The minimum atomic E-state index is -0.540. The van der Waals surface area contributed by atoms with Crippen LogP contribution in [-0.2, 0) is 10.2 Å². The molecule has 1 spiro atoms. The Kier molecular flexibility index (Phi) is 4.30. The average molecular weight is 390 g/mol. The normalized spacial score (nSPS) is 20.1. The molecule has 1 aromatic heterocycles. The van der Waals surface area contributed by atoms with Crippen LogP contribution in [0.1, 0.15) is 41.6 Å². The molecule has 2 aromatic rings. The number of piperidine rings is 1. The smallest absolute Gasteiger partial charge is 0.251 e. The van der Waals surface area contributed by atoms with Crippen molar-refractivity contribution in [3.8, 4) is 0 Å². The van der Waals surface area contributed by atoms with Gasteiger partial charge in [-0.25, -0.2) is 4.98 Å². The Morgan fingerprint density at radius 2 is 2.00 bits per heavy atom. The molecule has 6 heteroatoms. The van der Waals surface area contributed by atoms with Gasteiger partial charge in [0.15, 0.2) is 0 Å². The van der Waals surface area contributed by atoms with E-state index < -0.39 is 5.41 Å². The van der Waals surface area contributed by atoms with Crippen LogP contribution < -0.4 is 15.1 Å². The number of anilines is 2. The summed E-state index contributed by atoms with van der Waals surface area (Å²) in [5.41, 5.74) is 2.05. The maximum Gasteiger partial charge on any atom is 0.251 e. The number of amides is 2. The molecule has 3 heterocycles. The molecule has 1 aromatic carbocycles. The van der Waals surface area contributed by atoms with Crippen molar-refractivity contribution in [1.29, 1.82) is 0 Å². The van der Waals surface area contributed by atoms with Crippen LogP contribution in [0.5, 0.6) is 0 Å². The van der Waals surface area contributed by atoms with Gasteiger partial charge in [0.25, 0.3) is 5.91 Å². The molecule has 29 heavy (non-hydrogen) atoms. The highest BCUT2D eigenvalue weighted by Gasteiger charge is 2.51. The van der Waals surface area contributed by atoms with Crippen molar-refractivity contribution in [1.82, 2.24) is 10.3 Å². The van der Waals surface area contributed by atoms with Crippen molar-refractivity contribution >= 4 is 23.3 Å². The summed E-state index contributed by atoms with van der Waals surface area (Å²) in [6.07, 6.45) is 5.68. The lowest BCUT2D eigenvalue weighted by atomic mass is 9.73. The number of carbonyl (C=O) groups excluding carboxylic acids is 2. The number of likely N-dealkylation sites (N-methyl/N-ethyl adjacent to an activating group) is 1. The highest BCUT2D eigenvalue weighted by atomic mass is 16.2. The molecule has 2 aliphatic heterocycles. The Hall–Kier alpha value is -2.89. The molecule has 150 valence electrons. The first-order valence-corrected chi connectivity index (χ1v) is 10.5. The van der Waals surface area contributed by atoms with E-state index in [9.17, 15) is 9.59 Å². The van der Waals surface area contributed by atoms with E-state index in [4.69, 9.17) is 0 Å². The van der Waals surface area contributed by atoms with E-state index >= 15 is 0 Å². The number of pyridine rings is 1. The second-order valence-corrected chi connectivity index (χ2v) is 8.51. The molecule has 0 unspecified atom stereocenters. The number of hydrogen-bond acceptors (Lipinski definition) is 4. The van der Waals surface area contributed by atoms with Crippen LogP contribution in [0.4, 0.5) is 11.5 Å². The molecule has 2 amide bonds. The van der Waals surface area contributed by atoms with Gasteiger partial charge in [-0.2, -0.15) is 0 Å². The van der Waals surface area contributed by atoms with Crippen LogP contribution in [0.2, 0.25) is 0 Å². The monoisotopic (exact) mass is 390 g/mol. The summed E-state index contributed by atoms with van der Waals surface area (Å²) in [6, 6.07) is 11.6. The predicted molar refractivity (Wildman–Crippen MR) is 112 cm³/mol. The predicted octanol–water partition coefficient (Wildman–Crippen LogP) is 2.74. The van der Waals surface area contributed by atoms with Crippen LogP contribution in [0.25, 0.3) is 0 Å². The van der Waals surface area contributed by atoms with Gasteiger partial charge >= 0.3 is 0 Å². The minimum Gasteiger partial charge on any atom is -0.357 e. The second kappa shape index (κ2) is 6.87. The van der Waals surface area contributed by atoms with Crippen molar-refractivity contribution < 1.29 is 9.59 Å². The van der Waals surface area contributed by atoms with Gasteiger partial charge in [0.2, 0.25) is 5.91 Å². The fourth-order valence-corrected chi connectivity index (χ4v) is 4.70. The van der Waals surface area contributed by atoms with E-state index in [1.54, 1.807) is 11.1 Å². The van der Waals surface area contributed by atoms with E-state index in [0.29, 0.717) is 11.5 Å². The van der Waals surface area contributed by atoms with E-state index in [2.05, 4.69) is 15.2 Å². The molecule has 0 bridgehead atoms. The van der Waals surface area contributed by atoms with Gasteiger partial charge in [-0.3, -0.25) is 9.59 Å². The lowest BCUT2D eigenvalue weighted by Crippen LogP contribution is -2.48. The Morgan fingerprint density at radius 1 is 1.21 bits per heavy atom. The zero-order valence-electron chi connectivity index (χ0n) is 16.7. The molecular formula is C23H26N4O2. The van der Waals surface area contributed by atoms with Crippen molar-refractivity contribution in [2.45, 2.75) is 31.1 Å². The largest absolute Gasteiger partial charge is 0.357 e. The molecule has 1 saturated heterocycles. The highest BCUT2D eigenvalue weighted by molar-refractivity contribution is 6.09. The summed E-state index contributed by atoms with van der Waals surface area (Å²) in [5, 5.41) is 3.04. The number of nitrogens with zero attached hydrogens (tertiary/aromatic N) is 3. The third-order valence-electron chi connectivity index (χ3n) is 6.69. The van der Waals surface area contributed by atoms with E-state index in [0.717, 1.165) is 49.5 Å². The van der Waals surface area contributed by atoms with Crippen LogP contribution >= 0.6 is 0 Å². The number of hydrogen-bond donors (Lipinski definition) is 1. The maximum absolute atomic E-state index is 13.3. The summed E-state index contributed by atoms with van der Waals surface area (Å²) in [4.78, 5) is 34.4. The third kappa shape index (κ3) is 3.07. The topological polar surface area (TPSA) is 65.5 Å². The molecule has 6 nitrogen and oxygen atoms in total. The van der Waals surface area contributed by atoms with Crippen LogP contribution in [-0.4, -0.2) is 43.5 Å². The SMILES string of the molecule is CN1C(=O)C2(CCN(c3ccccn3)CC2)c2cc(C(=O)NCC3CC3)ccc21. The molecule has 1 aliphatic carbocycles. The summed E-state index contributed by atoms with van der Waals surface area (Å²) < 4.78 is 0. The third-order valence-corrected chi connectivity index (χ3v) is 6.69. The number of aromatic nitrogens is 1. The van der Waals surface area contributed by atoms with Gasteiger partial charge in [-0.05, 0) is 67.5 Å². The summed E-state index contributed by atoms with van der Waals surface area (Å²) in [5.74, 6) is 1.70. The first-order chi connectivity index (χ1) is 14.1. The van der Waals surface area contributed by atoms with Crippen LogP contribution in [0.15, 0.2) is 42.6 Å². The Balaban J connectivity index is 1.41. The lowest BCUT2D eigenvalue weighted by Gasteiger charge is -2.39. The highest BCUT2D eigenvalue weighted by Crippen LogP contribution is 2.48. The standard InChI is InChI=1S/C23H26N4O2/c1-26-19-8-7-17(21(28)25-15-16-5-6-16)14-18(19)23(22(26)29)9-12-27(13-10-23)20-4-2-3-11-24-20/h2-4,7-8,11,14,16H,5-6,9-10,12-13,15H2,1H3,(H,25,28). The number of nitrogens with one attached hydrogen (secondary N) is 1. The number of carbonyl (C=O) groups is 2. The van der Waals surface area contributed by atoms with Gasteiger partial charge in [0.1, 0.15) is 5.82 Å². The summed E-state index contributed by atoms with van der Waals surface area (Å²) in [7, 11) is 1.84. The van der Waals surface area contributed by atoms with Crippen LogP contribution in [0, 0.1) is 5.92 Å². The van der Waals surface area contributed by atoms with E-state index in [1.165, 1.54) is 12.8 Å². The zero-order chi connectivity index (χ0) is 20.0. The summed E-state index contributed by atoms with van der Waals surface area (Å²) in [6.45, 7) is 2.29. The van der Waals surface area contributed by atoms with Gasteiger partial charge in [-0.15, -0.1) is 0 Å². The van der Waals surface area contributed by atoms with Crippen molar-refractivity contribution in [2.24, 2.45) is 5.92 Å². The quantitative estimate of drug-likeness (QED) is 0.872. The van der Waals surface area contributed by atoms with Crippen molar-refractivity contribution in [2.75, 3.05) is 36.5 Å². The molecule has 2 fully saturated rings. The average Bonchev–Trinajstić information content (AvgIpc) is 3.58. The number of benzene rings is 1. The van der Waals surface area contributed by atoms with Gasteiger partial charge in [0.05, 0.1) is 5.41 Å². The molecule has 3 aliphatic rings. The maximum atomic E-state index is 13.3. The molecule has 1 N–H and O–H groups in total. The first-order valence-electron chi connectivity index (χ1n) is 10.5. The van der Waals surface area contributed by atoms with E-state index in [-0.39, 0.29) is 11.8 Å². The molecule has 0 atom stereocenters. The van der Waals surface area contributed by atoms with Gasteiger partial charge in [-0.1, -0.05) is 6.07 Å². The van der Waals surface area contributed by atoms with Gasteiger partial charge in [0, 0.05) is 44.1 Å². The zero-order valence-corrected chi connectivity index (χ0v) is 16.7. The van der Waals surface area contributed by atoms with Crippen LogP contribution in [0.3, 0.4) is 0 Å². The fraction of sp³-hybridized carbons (Fsp3) is 0.435. The first kappa shape index (κ1) is 18.2. The molecule has 1 saturated carbocycles. The Labute approximate surface area is 170 Å². The Bertz CT molecular complexity index is 947. The Morgan fingerprint density at radius 3 is 2.69 bits per heavy atom. The fourth-order valence-electron chi connectivity index (χ4n) is 4.70. The van der Waals surface area contributed by atoms with Crippen molar-refractivity contribution in [3.05, 3.63) is 53.7 Å². The number of rotatable bonds is 4. The van der Waals surface area contributed by atoms with E-state index in [1.807, 2.05) is 43.4 Å². The van der Waals surface area contributed by atoms with Gasteiger partial charge < -0.3 is 15.1 Å². The molecule has 5 rings (SSSR count). The summed E-state index contributed by atoms with van der Waals surface area (Å²) >= 11 is 0. The minimum absolute atomic E-state index is 0.0391. The van der Waals surface area contributed by atoms with Crippen molar-refractivity contribution in [3.63, 3.8) is 0 Å². The second-order valence-electron chi connectivity index (χ2n) is 8.51. The number of fused-ring (bicyclic) bond motifs is 2. The lowest BCUT2D eigenvalue weighted by molar-refractivity contribution is -0.123. The molecular weight excluding hydrogens is 364 g/mol. The molecule has 0 radical (unpaired) electrons.